The van der Waals surface area contributed by atoms with Crippen LogP contribution < -0.4 is 4.74 Å². The summed E-state index contributed by atoms with van der Waals surface area (Å²) in [5.41, 5.74) is 5.03. The maximum atomic E-state index is 13.3. The molecular weight excluding hydrogens is 581 g/mol. The van der Waals surface area contributed by atoms with E-state index in [1.165, 1.54) is 21.6 Å². The van der Waals surface area contributed by atoms with Crippen molar-refractivity contribution in [2.75, 3.05) is 20.3 Å². The second-order valence-electron chi connectivity index (χ2n) is 10.5. The molecule has 0 spiro atoms. The summed E-state index contributed by atoms with van der Waals surface area (Å²) in [6.45, 7) is 7.44. The number of likely N-dealkylation sites (tertiary alicyclic amines) is 1. The van der Waals surface area contributed by atoms with E-state index in [4.69, 9.17) is 9.47 Å². The van der Waals surface area contributed by atoms with E-state index in [1.54, 1.807) is 7.11 Å². The molecule has 0 aromatic heterocycles. The number of rotatable bonds is 11. The number of benzene rings is 1. The smallest absolute Gasteiger partial charge is 0.233 e. The summed E-state index contributed by atoms with van der Waals surface area (Å²) in [5, 5.41) is 10.2. The van der Waals surface area contributed by atoms with Gasteiger partial charge in [-0.3, -0.25) is 14.5 Å². The third kappa shape index (κ3) is 5.63. The number of halogens is 1. The summed E-state index contributed by atoms with van der Waals surface area (Å²) < 4.78 is 12.5. The van der Waals surface area contributed by atoms with Gasteiger partial charge in [-0.05, 0) is 84.4 Å². The van der Waals surface area contributed by atoms with Gasteiger partial charge in [-0.2, -0.15) is 0 Å². The van der Waals surface area contributed by atoms with E-state index in [1.807, 2.05) is 19.1 Å². The molecule has 2 fully saturated rings. The number of aromatic hydroxyl groups is 1. The lowest BCUT2D eigenvalue weighted by atomic mass is 9.68. The first-order valence-electron chi connectivity index (χ1n) is 13.8. The quantitative estimate of drug-likeness (QED) is 0.174. The lowest BCUT2D eigenvalue weighted by Gasteiger charge is -2.32. The summed E-state index contributed by atoms with van der Waals surface area (Å²) in [5.74, 6) is 0.268. The molecule has 0 bridgehead atoms. The molecule has 1 aromatic rings. The number of imide groups is 1. The van der Waals surface area contributed by atoms with Crippen LogP contribution in [0.25, 0.3) is 6.08 Å². The number of fused-ring (bicyclic) bond motifs is 3. The van der Waals surface area contributed by atoms with Crippen LogP contribution in [0.3, 0.4) is 0 Å². The van der Waals surface area contributed by atoms with E-state index in [2.05, 4.69) is 42.5 Å². The molecule has 4 atom stereocenters. The lowest BCUT2D eigenvalue weighted by Crippen LogP contribution is -2.34. The second-order valence-corrected chi connectivity index (χ2v) is 11.7. The maximum absolute atomic E-state index is 13.3. The first-order valence-corrected chi connectivity index (χ1v) is 14.9. The molecule has 37 heavy (non-hydrogen) atoms. The fraction of sp³-hybridized carbons (Fsp3) is 0.600. The average Bonchev–Trinajstić information content (AvgIpc) is 3.40. The predicted molar refractivity (Wildman–Crippen MR) is 153 cm³/mol. The normalized spacial score (nSPS) is 25.6. The Labute approximate surface area is 234 Å². The van der Waals surface area contributed by atoms with Crippen LogP contribution in [0.5, 0.6) is 11.5 Å². The number of phenolic OH excluding ortho intramolecular Hbond substituents is 1. The Morgan fingerprint density at radius 3 is 2.59 bits per heavy atom. The van der Waals surface area contributed by atoms with Crippen LogP contribution in [0, 0.1) is 21.3 Å². The standard InChI is InChI=1S/C30H40INO5/c1-5-8-18(13-19-14-23(31)28(33)25(15-19)36-4)10-11-24-26-20(9-6-2)16-21-27(22(26)17-37-24)30(35)32(12-7-3)29(21)34/h13-15,21-22,24,27,33H,5-12,16-17H2,1-4H3/b18-13+/t21-,22+,24-,27-/m1/s1. The van der Waals surface area contributed by atoms with Crippen LogP contribution in [-0.2, 0) is 14.3 Å². The van der Waals surface area contributed by atoms with Crippen LogP contribution in [0.15, 0.2) is 28.9 Å². The fourth-order valence-electron chi connectivity index (χ4n) is 6.50. The number of carbonyl (C=O) groups is 2. The minimum absolute atomic E-state index is 0.00498. The topological polar surface area (TPSA) is 76.1 Å². The molecule has 7 heteroatoms. The van der Waals surface area contributed by atoms with Crippen LogP contribution in [0.2, 0.25) is 0 Å². The Balaban J connectivity index is 1.56. The second kappa shape index (κ2) is 12.3. The molecule has 0 saturated carbocycles. The minimum atomic E-state index is -0.253. The highest BCUT2D eigenvalue weighted by Crippen LogP contribution is 2.50. The number of amides is 2. The number of ether oxygens (including phenoxy) is 2. The third-order valence-electron chi connectivity index (χ3n) is 8.04. The molecule has 2 heterocycles. The van der Waals surface area contributed by atoms with E-state index >= 15 is 0 Å². The van der Waals surface area contributed by atoms with Gasteiger partial charge in [0.15, 0.2) is 11.5 Å². The van der Waals surface area contributed by atoms with Gasteiger partial charge in [0.2, 0.25) is 11.8 Å². The summed E-state index contributed by atoms with van der Waals surface area (Å²) in [6.07, 6.45) is 9.51. The Kier molecular flexibility index (Phi) is 9.38. The van der Waals surface area contributed by atoms with Crippen LogP contribution in [0.1, 0.15) is 77.7 Å². The van der Waals surface area contributed by atoms with Gasteiger partial charge < -0.3 is 14.6 Å². The molecule has 2 saturated heterocycles. The monoisotopic (exact) mass is 621 g/mol. The van der Waals surface area contributed by atoms with Gasteiger partial charge in [0.1, 0.15) is 0 Å². The zero-order valence-corrected chi connectivity index (χ0v) is 24.7. The summed E-state index contributed by atoms with van der Waals surface area (Å²) in [7, 11) is 1.57. The number of carbonyl (C=O) groups excluding carboxylic acids is 2. The Morgan fingerprint density at radius 1 is 1.14 bits per heavy atom. The maximum Gasteiger partial charge on any atom is 0.233 e. The highest BCUT2D eigenvalue weighted by molar-refractivity contribution is 14.1. The Morgan fingerprint density at radius 2 is 1.92 bits per heavy atom. The number of methoxy groups -OCH3 is 1. The molecule has 202 valence electrons. The van der Waals surface area contributed by atoms with E-state index in [0.717, 1.165) is 54.1 Å². The van der Waals surface area contributed by atoms with Gasteiger partial charge in [-0.1, -0.05) is 50.8 Å². The number of nitrogens with zero attached hydrogens (tertiary/aromatic N) is 1. The number of allylic oxidation sites excluding steroid dienone is 2. The van der Waals surface area contributed by atoms with Crippen LogP contribution in [0.4, 0.5) is 0 Å². The molecule has 2 aliphatic heterocycles. The number of hydrogen-bond donors (Lipinski definition) is 1. The van der Waals surface area contributed by atoms with Crippen molar-refractivity contribution in [3.05, 3.63) is 38.0 Å². The van der Waals surface area contributed by atoms with Gasteiger partial charge in [0, 0.05) is 12.5 Å². The highest BCUT2D eigenvalue weighted by atomic mass is 127. The van der Waals surface area contributed by atoms with Crippen molar-refractivity contribution in [2.45, 2.75) is 78.2 Å². The van der Waals surface area contributed by atoms with Gasteiger partial charge in [-0.15, -0.1) is 0 Å². The summed E-state index contributed by atoms with van der Waals surface area (Å²) in [6, 6.07) is 3.85. The molecule has 4 rings (SSSR count). The van der Waals surface area contributed by atoms with Gasteiger partial charge in [0.25, 0.3) is 0 Å². The van der Waals surface area contributed by atoms with Crippen molar-refractivity contribution in [1.82, 2.24) is 4.90 Å². The summed E-state index contributed by atoms with van der Waals surface area (Å²) in [4.78, 5) is 27.9. The van der Waals surface area contributed by atoms with Crippen LogP contribution in [-0.4, -0.2) is 48.2 Å². The van der Waals surface area contributed by atoms with Crippen molar-refractivity contribution in [1.29, 1.82) is 0 Å². The first kappa shape index (κ1) is 28.1. The van der Waals surface area contributed by atoms with Crippen molar-refractivity contribution in [2.24, 2.45) is 17.8 Å². The number of phenols is 1. The van der Waals surface area contributed by atoms with Gasteiger partial charge in [-0.25, -0.2) is 0 Å². The summed E-state index contributed by atoms with van der Waals surface area (Å²) >= 11 is 2.13. The lowest BCUT2D eigenvalue weighted by molar-refractivity contribution is -0.140. The number of hydrogen-bond acceptors (Lipinski definition) is 5. The molecule has 1 aromatic carbocycles. The molecule has 3 aliphatic rings. The van der Waals surface area contributed by atoms with Gasteiger partial charge >= 0.3 is 0 Å². The van der Waals surface area contributed by atoms with Crippen molar-refractivity contribution >= 4 is 40.5 Å². The van der Waals surface area contributed by atoms with Crippen LogP contribution >= 0.6 is 22.6 Å². The fourth-order valence-corrected chi connectivity index (χ4v) is 7.12. The first-order chi connectivity index (χ1) is 17.8. The molecular formula is C30H40INO5. The zero-order valence-electron chi connectivity index (χ0n) is 22.5. The Bertz CT molecular complexity index is 1090. The Hall–Kier alpha value is -1.87. The van der Waals surface area contributed by atoms with E-state index in [0.29, 0.717) is 25.3 Å². The minimum Gasteiger partial charge on any atom is -0.504 e. The van der Waals surface area contributed by atoms with E-state index < -0.39 is 0 Å². The van der Waals surface area contributed by atoms with Crippen molar-refractivity contribution in [3.63, 3.8) is 0 Å². The zero-order chi connectivity index (χ0) is 26.7. The van der Waals surface area contributed by atoms with Crippen molar-refractivity contribution < 1.29 is 24.2 Å². The highest BCUT2D eigenvalue weighted by Gasteiger charge is 2.56. The average molecular weight is 622 g/mol. The van der Waals surface area contributed by atoms with Crippen molar-refractivity contribution in [3.8, 4) is 11.5 Å². The molecule has 1 N–H and O–H groups in total. The molecule has 1 aliphatic carbocycles. The van der Waals surface area contributed by atoms with E-state index in [9.17, 15) is 14.7 Å². The molecule has 0 radical (unpaired) electrons. The SMILES string of the molecule is CCCC1=C2[C@@H](CC/C(=C/c3cc(I)c(O)c(OC)c3)CCC)OC[C@@H]2[C@@H]2C(=O)N(CCC)C(=O)[C@@H]2C1. The molecule has 2 amide bonds. The molecule has 6 nitrogen and oxygen atoms in total. The van der Waals surface area contributed by atoms with E-state index in [-0.39, 0.29) is 41.4 Å². The van der Waals surface area contributed by atoms with Gasteiger partial charge in [0.05, 0.1) is 35.2 Å². The predicted octanol–water partition coefficient (Wildman–Crippen LogP) is 6.50. The third-order valence-corrected chi connectivity index (χ3v) is 8.86. The largest absolute Gasteiger partial charge is 0.504 e. The molecule has 0 unspecified atom stereocenters.